The van der Waals surface area contributed by atoms with E-state index < -0.39 is 0 Å². The molecule has 154 valence electrons. The third-order valence-corrected chi connectivity index (χ3v) is 5.47. The van der Waals surface area contributed by atoms with Crippen LogP contribution in [0.15, 0.2) is 72.4 Å². The van der Waals surface area contributed by atoms with Crippen molar-refractivity contribution < 1.29 is 9.59 Å². The minimum Gasteiger partial charge on any atom is -0.342 e. The molecule has 3 aromatic rings. The number of aromatic nitrogens is 3. The first-order valence-electron chi connectivity index (χ1n) is 9.62. The SMILES string of the molecule is C=CCn1c(SCC(=O)c2ccccc2)nnc1[C@@H](C)NC(=O)c1cccc(C)c1. The zero-order chi connectivity index (χ0) is 21.5. The van der Waals surface area contributed by atoms with E-state index in [1.54, 1.807) is 24.3 Å². The van der Waals surface area contributed by atoms with Gasteiger partial charge in [0.15, 0.2) is 16.8 Å². The fourth-order valence-electron chi connectivity index (χ4n) is 3.00. The van der Waals surface area contributed by atoms with Gasteiger partial charge in [0.25, 0.3) is 5.91 Å². The zero-order valence-electron chi connectivity index (χ0n) is 17.0. The fourth-order valence-corrected chi connectivity index (χ4v) is 3.85. The number of Topliss-reactive ketones (excluding diaryl/α,β-unsaturated/α-hetero) is 1. The first-order chi connectivity index (χ1) is 14.5. The summed E-state index contributed by atoms with van der Waals surface area (Å²) < 4.78 is 1.87. The fraction of sp³-hybridized carbons (Fsp3) is 0.217. The van der Waals surface area contributed by atoms with Crippen LogP contribution in [0.2, 0.25) is 0 Å². The molecule has 1 atom stereocenters. The van der Waals surface area contributed by atoms with E-state index in [1.807, 2.05) is 54.8 Å². The van der Waals surface area contributed by atoms with Crippen LogP contribution in [0, 0.1) is 6.92 Å². The lowest BCUT2D eigenvalue weighted by Crippen LogP contribution is -2.28. The molecule has 0 aliphatic rings. The van der Waals surface area contributed by atoms with Crippen LogP contribution in [0.3, 0.4) is 0 Å². The van der Waals surface area contributed by atoms with Crippen molar-refractivity contribution in [2.45, 2.75) is 31.6 Å². The number of hydrogen-bond acceptors (Lipinski definition) is 5. The molecule has 0 saturated heterocycles. The first-order valence-corrected chi connectivity index (χ1v) is 10.6. The zero-order valence-corrected chi connectivity index (χ0v) is 17.9. The predicted octanol–water partition coefficient (Wildman–Crippen LogP) is 4.24. The highest BCUT2D eigenvalue weighted by molar-refractivity contribution is 7.99. The van der Waals surface area contributed by atoms with Gasteiger partial charge in [-0.15, -0.1) is 16.8 Å². The standard InChI is InChI=1S/C23H24N4O2S/c1-4-13-27-21(17(3)24-22(29)19-12-8-9-16(2)14-19)25-26-23(27)30-15-20(28)18-10-6-5-7-11-18/h4-12,14,17H,1,13,15H2,2-3H3,(H,24,29)/t17-/m1/s1. The van der Waals surface area contributed by atoms with E-state index in [4.69, 9.17) is 0 Å². The van der Waals surface area contributed by atoms with Gasteiger partial charge < -0.3 is 9.88 Å². The molecule has 6 nitrogen and oxygen atoms in total. The summed E-state index contributed by atoms with van der Waals surface area (Å²) in [5.74, 6) is 0.720. The van der Waals surface area contributed by atoms with Crippen LogP contribution in [0.1, 0.15) is 45.1 Å². The van der Waals surface area contributed by atoms with Crippen molar-refractivity contribution >= 4 is 23.5 Å². The maximum Gasteiger partial charge on any atom is 0.251 e. The Labute approximate surface area is 180 Å². The number of rotatable bonds is 9. The Kier molecular flexibility index (Phi) is 7.19. The largest absolute Gasteiger partial charge is 0.342 e. The average Bonchev–Trinajstić information content (AvgIpc) is 3.15. The highest BCUT2D eigenvalue weighted by Gasteiger charge is 2.20. The van der Waals surface area contributed by atoms with Gasteiger partial charge in [-0.05, 0) is 26.0 Å². The topological polar surface area (TPSA) is 76.9 Å². The molecule has 1 N–H and O–H groups in total. The summed E-state index contributed by atoms with van der Waals surface area (Å²) in [5, 5.41) is 12.1. The second-order valence-corrected chi connectivity index (χ2v) is 7.83. The van der Waals surface area contributed by atoms with Gasteiger partial charge in [0, 0.05) is 17.7 Å². The van der Waals surface area contributed by atoms with Crippen LogP contribution in [0.5, 0.6) is 0 Å². The predicted molar refractivity (Wildman–Crippen MR) is 119 cm³/mol. The second kappa shape index (κ2) is 10.0. The molecule has 0 unspecified atom stereocenters. The van der Waals surface area contributed by atoms with Crippen molar-refractivity contribution in [2.24, 2.45) is 0 Å². The molecule has 0 bridgehead atoms. The molecule has 0 spiro atoms. The van der Waals surface area contributed by atoms with Gasteiger partial charge in [-0.25, -0.2) is 0 Å². The highest BCUT2D eigenvalue weighted by Crippen LogP contribution is 2.22. The molecule has 7 heteroatoms. The van der Waals surface area contributed by atoms with E-state index in [0.29, 0.717) is 28.7 Å². The number of ketones is 1. The second-order valence-electron chi connectivity index (χ2n) is 6.88. The van der Waals surface area contributed by atoms with E-state index in [2.05, 4.69) is 22.1 Å². The summed E-state index contributed by atoms with van der Waals surface area (Å²) in [4.78, 5) is 25.0. The van der Waals surface area contributed by atoms with Crippen molar-refractivity contribution in [1.82, 2.24) is 20.1 Å². The summed E-state index contributed by atoms with van der Waals surface area (Å²) in [6, 6.07) is 16.2. The van der Waals surface area contributed by atoms with Crippen LogP contribution < -0.4 is 5.32 Å². The molecule has 0 aliphatic heterocycles. The molecule has 1 heterocycles. The number of thioether (sulfide) groups is 1. The minimum absolute atomic E-state index is 0.0242. The number of nitrogens with zero attached hydrogens (tertiary/aromatic N) is 3. The van der Waals surface area contributed by atoms with Gasteiger partial charge in [-0.1, -0.05) is 65.9 Å². The van der Waals surface area contributed by atoms with Crippen LogP contribution in [0.4, 0.5) is 0 Å². The molecule has 0 aliphatic carbocycles. The number of carbonyl (C=O) groups is 2. The van der Waals surface area contributed by atoms with Gasteiger partial charge in [0.2, 0.25) is 0 Å². The minimum atomic E-state index is -0.357. The molecule has 0 fully saturated rings. The van der Waals surface area contributed by atoms with Gasteiger partial charge in [0.1, 0.15) is 0 Å². The number of aryl methyl sites for hydroxylation is 1. The highest BCUT2D eigenvalue weighted by atomic mass is 32.2. The summed E-state index contributed by atoms with van der Waals surface area (Å²) in [6.45, 7) is 8.09. The Morgan fingerprint density at radius 3 is 2.57 bits per heavy atom. The number of nitrogens with one attached hydrogen (secondary N) is 1. The molecule has 1 amide bonds. The number of benzene rings is 2. The molecule has 3 rings (SSSR count). The van der Waals surface area contributed by atoms with Gasteiger partial charge in [-0.2, -0.15) is 0 Å². The lowest BCUT2D eigenvalue weighted by Gasteiger charge is -2.15. The van der Waals surface area contributed by atoms with Crippen LogP contribution in [0.25, 0.3) is 0 Å². The van der Waals surface area contributed by atoms with Gasteiger partial charge in [0.05, 0.1) is 11.8 Å². The molecule has 0 saturated carbocycles. The summed E-state index contributed by atoms with van der Waals surface area (Å²) in [5.41, 5.74) is 2.28. The third-order valence-electron chi connectivity index (χ3n) is 4.50. The monoisotopic (exact) mass is 420 g/mol. The average molecular weight is 421 g/mol. The van der Waals surface area contributed by atoms with Crippen molar-refractivity contribution in [2.75, 3.05) is 5.75 Å². The van der Waals surface area contributed by atoms with Crippen molar-refractivity contribution in [1.29, 1.82) is 0 Å². The van der Waals surface area contributed by atoms with Crippen LogP contribution >= 0.6 is 11.8 Å². The summed E-state index contributed by atoms with van der Waals surface area (Å²) in [6.07, 6.45) is 1.74. The molecular formula is C23H24N4O2S. The molecule has 1 aromatic heterocycles. The van der Waals surface area contributed by atoms with Crippen LogP contribution in [-0.2, 0) is 6.54 Å². The lowest BCUT2D eigenvalue weighted by atomic mass is 10.1. The Bertz CT molecular complexity index is 1050. The Hall–Kier alpha value is -3.19. The van der Waals surface area contributed by atoms with Crippen molar-refractivity contribution in [3.8, 4) is 0 Å². The molecule has 30 heavy (non-hydrogen) atoms. The number of amides is 1. The first kappa shape index (κ1) is 21.5. The Balaban J connectivity index is 1.72. The van der Waals surface area contributed by atoms with Crippen molar-refractivity contribution in [3.05, 3.63) is 89.8 Å². The van der Waals surface area contributed by atoms with E-state index >= 15 is 0 Å². The number of hydrogen-bond donors (Lipinski definition) is 1. The number of allylic oxidation sites excluding steroid dienone is 1. The Morgan fingerprint density at radius 1 is 1.13 bits per heavy atom. The van der Waals surface area contributed by atoms with Crippen molar-refractivity contribution in [3.63, 3.8) is 0 Å². The van der Waals surface area contributed by atoms with Gasteiger partial charge in [-0.3, -0.25) is 9.59 Å². The van der Waals surface area contributed by atoms with E-state index in [9.17, 15) is 9.59 Å². The van der Waals surface area contributed by atoms with Gasteiger partial charge >= 0.3 is 0 Å². The van der Waals surface area contributed by atoms with E-state index in [0.717, 1.165) is 5.56 Å². The molecular weight excluding hydrogens is 396 g/mol. The molecule has 0 radical (unpaired) electrons. The smallest absolute Gasteiger partial charge is 0.251 e. The van der Waals surface area contributed by atoms with E-state index in [-0.39, 0.29) is 23.5 Å². The maximum atomic E-state index is 12.6. The molecule has 2 aromatic carbocycles. The number of carbonyl (C=O) groups excluding carboxylic acids is 2. The Morgan fingerprint density at radius 2 is 1.87 bits per heavy atom. The third kappa shape index (κ3) is 5.24. The lowest BCUT2D eigenvalue weighted by molar-refractivity contribution is 0.0936. The quantitative estimate of drug-likeness (QED) is 0.318. The normalized spacial score (nSPS) is 11.7. The summed E-state index contributed by atoms with van der Waals surface area (Å²) in [7, 11) is 0. The maximum absolute atomic E-state index is 12.6. The van der Waals surface area contributed by atoms with E-state index in [1.165, 1.54) is 11.8 Å². The summed E-state index contributed by atoms with van der Waals surface area (Å²) >= 11 is 1.32. The van der Waals surface area contributed by atoms with Crippen LogP contribution in [-0.4, -0.2) is 32.2 Å².